The van der Waals surface area contributed by atoms with E-state index in [4.69, 9.17) is 4.74 Å². The molecule has 3 rings (SSSR count). The molecule has 1 atom stereocenters. The van der Waals surface area contributed by atoms with E-state index in [1.165, 1.54) is 4.90 Å². The maximum Gasteiger partial charge on any atom is 0.241 e. The molecule has 0 aliphatic carbocycles. The van der Waals surface area contributed by atoms with Crippen LogP contribution in [0, 0.1) is 13.8 Å². The molecule has 2 aromatic rings. The van der Waals surface area contributed by atoms with Crippen LogP contribution < -0.4 is 9.62 Å². The lowest BCUT2D eigenvalue weighted by Crippen LogP contribution is -3.14. The summed E-state index contributed by atoms with van der Waals surface area (Å²) in [7, 11) is -3.60. The monoisotopic (exact) mass is 375 g/mol. The Labute approximate surface area is 156 Å². The van der Waals surface area contributed by atoms with Gasteiger partial charge in [-0.05, 0) is 31.0 Å². The largest absolute Gasteiger partial charge is 0.370 e. The number of morpholine rings is 1. The van der Waals surface area contributed by atoms with E-state index in [1.807, 2.05) is 56.3 Å². The standard InChI is InChI=1S/C20H26N2O3S/c1-16-8-9-20(17(2)14-16)26(23,24)21-19(18-6-4-3-5-7-18)15-22-10-12-25-13-11-22/h3-9,14,19,21H,10-13,15H2,1-2H3/p+1/t19-/m0/s1. The van der Waals surface area contributed by atoms with Crippen LogP contribution in [0.4, 0.5) is 0 Å². The average Bonchev–Trinajstić information content (AvgIpc) is 2.62. The van der Waals surface area contributed by atoms with Crippen molar-refractivity contribution in [1.29, 1.82) is 0 Å². The lowest BCUT2D eigenvalue weighted by Gasteiger charge is -2.28. The third kappa shape index (κ3) is 4.71. The molecule has 1 aliphatic heterocycles. The smallest absolute Gasteiger partial charge is 0.241 e. The van der Waals surface area contributed by atoms with Gasteiger partial charge in [-0.3, -0.25) is 0 Å². The van der Waals surface area contributed by atoms with Gasteiger partial charge in [0.2, 0.25) is 10.0 Å². The molecule has 0 spiro atoms. The Balaban J connectivity index is 1.86. The van der Waals surface area contributed by atoms with E-state index in [-0.39, 0.29) is 6.04 Å². The quantitative estimate of drug-likeness (QED) is 0.799. The van der Waals surface area contributed by atoms with Crippen molar-refractivity contribution in [3.8, 4) is 0 Å². The predicted octanol–water partition coefficient (Wildman–Crippen LogP) is 1.24. The predicted molar refractivity (Wildman–Crippen MR) is 102 cm³/mol. The summed E-state index contributed by atoms with van der Waals surface area (Å²) in [6.07, 6.45) is 0. The maximum atomic E-state index is 13.0. The lowest BCUT2D eigenvalue weighted by molar-refractivity contribution is -0.909. The van der Waals surface area contributed by atoms with Gasteiger partial charge in [0.15, 0.2) is 0 Å². The minimum atomic E-state index is -3.60. The van der Waals surface area contributed by atoms with Gasteiger partial charge in [0.25, 0.3) is 0 Å². The van der Waals surface area contributed by atoms with Gasteiger partial charge in [-0.25, -0.2) is 8.42 Å². The van der Waals surface area contributed by atoms with Crippen LogP contribution in [0.1, 0.15) is 22.7 Å². The van der Waals surface area contributed by atoms with Crippen LogP contribution >= 0.6 is 0 Å². The van der Waals surface area contributed by atoms with Crippen molar-refractivity contribution < 1.29 is 18.1 Å². The van der Waals surface area contributed by atoms with Crippen molar-refractivity contribution in [2.75, 3.05) is 32.8 Å². The summed E-state index contributed by atoms with van der Waals surface area (Å²) in [6.45, 7) is 7.75. The number of sulfonamides is 1. The van der Waals surface area contributed by atoms with Crippen LogP contribution in [-0.2, 0) is 14.8 Å². The minimum absolute atomic E-state index is 0.269. The topological polar surface area (TPSA) is 59.8 Å². The van der Waals surface area contributed by atoms with Crippen molar-refractivity contribution in [3.63, 3.8) is 0 Å². The molecule has 0 saturated carbocycles. The van der Waals surface area contributed by atoms with Gasteiger partial charge < -0.3 is 9.64 Å². The highest BCUT2D eigenvalue weighted by Crippen LogP contribution is 2.20. The molecular weight excluding hydrogens is 348 g/mol. The van der Waals surface area contributed by atoms with Crippen LogP contribution in [0.15, 0.2) is 53.4 Å². The van der Waals surface area contributed by atoms with E-state index in [0.29, 0.717) is 11.4 Å². The molecule has 6 heteroatoms. The molecule has 2 aromatic carbocycles. The van der Waals surface area contributed by atoms with Crippen molar-refractivity contribution >= 4 is 10.0 Å². The number of nitrogens with one attached hydrogen (secondary N) is 2. The molecule has 0 amide bonds. The van der Waals surface area contributed by atoms with Gasteiger partial charge in [0.05, 0.1) is 30.7 Å². The first-order chi connectivity index (χ1) is 12.5. The second-order valence-electron chi connectivity index (χ2n) is 6.92. The summed E-state index contributed by atoms with van der Waals surface area (Å²) in [5, 5.41) is 0. The maximum absolute atomic E-state index is 13.0. The molecule has 0 aromatic heterocycles. The summed E-state index contributed by atoms with van der Waals surface area (Å²) >= 11 is 0. The molecule has 1 fully saturated rings. The summed E-state index contributed by atoms with van der Waals surface area (Å²) in [4.78, 5) is 1.70. The van der Waals surface area contributed by atoms with Crippen LogP contribution in [0.5, 0.6) is 0 Å². The molecule has 5 nitrogen and oxygen atoms in total. The SMILES string of the molecule is Cc1ccc(S(=O)(=O)N[C@@H](C[NH+]2CCOCC2)c2ccccc2)c(C)c1. The van der Waals surface area contributed by atoms with E-state index >= 15 is 0 Å². The Morgan fingerprint density at radius 3 is 2.42 bits per heavy atom. The summed E-state index contributed by atoms with van der Waals surface area (Å²) in [6, 6.07) is 15.0. The Kier molecular flexibility index (Phi) is 6.09. The van der Waals surface area contributed by atoms with Crippen molar-refractivity contribution in [3.05, 3.63) is 65.2 Å². The van der Waals surface area contributed by atoms with E-state index in [0.717, 1.165) is 43.0 Å². The zero-order valence-corrected chi connectivity index (χ0v) is 16.2. The zero-order valence-electron chi connectivity index (χ0n) is 15.4. The molecule has 0 unspecified atom stereocenters. The van der Waals surface area contributed by atoms with Crippen LogP contribution in [0.3, 0.4) is 0 Å². The summed E-state index contributed by atoms with van der Waals surface area (Å²) in [5.41, 5.74) is 2.81. The van der Waals surface area contributed by atoms with E-state index < -0.39 is 10.0 Å². The van der Waals surface area contributed by atoms with Gasteiger partial charge >= 0.3 is 0 Å². The average molecular weight is 376 g/mol. The third-order valence-electron chi connectivity index (χ3n) is 4.81. The fraction of sp³-hybridized carbons (Fsp3) is 0.400. The van der Waals surface area contributed by atoms with Crippen LogP contribution in [-0.4, -0.2) is 41.3 Å². The highest BCUT2D eigenvalue weighted by Gasteiger charge is 2.27. The summed E-state index contributed by atoms with van der Waals surface area (Å²) < 4.78 is 34.5. The van der Waals surface area contributed by atoms with Crippen LogP contribution in [0.2, 0.25) is 0 Å². The van der Waals surface area contributed by atoms with Crippen molar-refractivity contribution in [2.45, 2.75) is 24.8 Å². The Hall–Kier alpha value is -1.73. The molecule has 0 bridgehead atoms. The Morgan fingerprint density at radius 2 is 1.77 bits per heavy atom. The normalized spacial score (nSPS) is 17.2. The molecule has 1 aliphatic rings. The van der Waals surface area contributed by atoms with Gasteiger partial charge in [-0.15, -0.1) is 0 Å². The second kappa shape index (κ2) is 8.31. The molecule has 26 heavy (non-hydrogen) atoms. The minimum Gasteiger partial charge on any atom is -0.370 e. The molecule has 140 valence electrons. The number of ether oxygens (including phenoxy) is 1. The second-order valence-corrected chi connectivity index (χ2v) is 8.60. The molecule has 0 radical (unpaired) electrons. The number of hydrogen-bond acceptors (Lipinski definition) is 3. The van der Waals surface area contributed by atoms with Gasteiger partial charge in [0, 0.05) is 0 Å². The molecule has 2 N–H and O–H groups in total. The first-order valence-corrected chi connectivity index (χ1v) is 10.5. The number of hydrogen-bond donors (Lipinski definition) is 2. The number of quaternary nitrogens is 1. The fourth-order valence-electron chi connectivity index (χ4n) is 3.42. The zero-order chi connectivity index (χ0) is 18.6. The van der Waals surface area contributed by atoms with Gasteiger partial charge in [-0.2, -0.15) is 4.72 Å². The highest BCUT2D eigenvalue weighted by molar-refractivity contribution is 7.89. The van der Waals surface area contributed by atoms with Gasteiger partial charge in [-0.1, -0.05) is 48.0 Å². The highest BCUT2D eigenvalue weighted by atomic mass is 32.2. The first kappa shape index (κ1) is 19.0. The fourth-order valence-corrected chi connectivity index (χ4v) is 4.87. The molecule has 1 saturated heterocycles. The van der Waals surface area contributed by atoms with Crippen molar-refractivity contribution in [1.82, 2.24) is 4.72 Å². The van der Waals surface area contributed by atoms with Crippen LogP contribution in [0.25, 0.3) is 0 Å². The van der Waals surface area contributed by atoms with Gasteiger partial charge in [0.1, 0.15) is 13.1 Å². The Bertz CT molecular complexity index is 831. The third-order valence-corrected chi connectivity index (χ3v) is 6.44. The first-order valence-electron chi connectivity index (χ1n) is 9.01. The molecular formula is C20H27N2O3S+. The number of benzene rings is 2. The Morgan fingerprint density at radius 1 is 1.08 bits per heavy atom. The van der Waals surface area contributed by atoms with E-state index in [1.54, 1.807) is 6.07 Å². The summed E-state index contributed by atoms with van der Waals surface area (Å²) in [5.74, 6) is 0. The van der Waals surface area contributed by atoms with Crippen molar-refractivity contribution in [2.24, 2.45) is 0 Å². The number of aryl methyl sites for hydroxylation is 2. The van der Waals surface area contributed by atoms with E-state index in [2.05, 4.69) is 4.72 Å². The lowest BCUT2D eigenvalue weighted by atomic mass is 10.1. The van der Waals surface area contributed by atoms with E-state index in [9.17, 15) is 8.42 Å². The molecule has 1 heterocycles. The number of rotatable bonds is 6.